The Morgan fingerprint density at radius 2 is 1.67 bits per heavy atom. The highest BCUT2D eigenvalue weighted by molar-refractivity contribution is 5.85. The van der Waals surface area contributed by atoms with Crippen molar-refractivity contribution in [2.75, 3.05) is 6.61 Å². The third kappa shape index (κ3) is 17.9. The van der Waals surface area contributed by atoms with Crippen LogP contribution in [0.1, 0.15) is 32.6 Å². The van der Waals surface area contributed by atoms with Gasteiger partial charge in [-0.05, 0) is 6.42 Å². The van der Waals surface area contributed by atoms with Gasteiger partial charge in [0, 0.05) is 6.61 Å². The van der Waals surface area contributed by atoms with Crippen molar-refractivity contribution in [1.29, 1.82) is 0 Å². The summed E-state index contributed by atoms with van der Waals surface area (Å²) >= 11 is 0. The normalized spacial score (nSPS) is 7.33. The highest BCUT2D eigenvalue weighted by Gasteiger charge is 1.80. The smallest absolute Gasteiger partial charge is 0.0431 e. The van der Waals surface area contributed by atoms with Crippen molar-refractivity contribution < 1.29 is 10.6 Å². The van der Waals surface area contributed by atoms with Crippen LogP contribution in [-0.4, -0.2) is 17.2 Å². The third-order valence-corrected chi connectivity index (χ3v) is 1.01. The summed E-state index contributed by atoms with van der Waals surface area (Å²) in [5, 5.41) is 8.29. The van der Waals surface area contributed by atoms with Crippen molar-refractivity contribution in [2.45, 2.75) is 32.6 Å². The lowest BCUT2D eigenvalue weighted by atomic mass is 10.2. The summed E-state index contributed by atoms with van der Waals surface area (Å²) in [6.07, 6.45) is 4.68. The first-order chi connectivity index (χ1) is 3.41. The van der Waals surface area contributed by atoms with Crippen LogP contribution in [0, 0.1) is 0 Å². The molecule has 3 heteroatoms. The average Bonchev–Trinajstić information content (AvgIpc) is 1.69. The average molecular weight is 157 g/mol. The molecule has 0 fully saturated rings. The second kappa shape index (κ2) is 15.7. The number of rotatable bonds is 4. The molecule has 0 aromatic carbocycles. The number of hydrogen-bond acceptors (Lipinski definition) is 1. The van der Waals surface area contributed by atoms with Gasteiger partial charge in [0.1, 0.15) is 0 Å². The monoisotopic (exact) mass is 156 g/mol. The van der Waals surface area contributed by atoms with Crippen LogP contribution in [0.15, 0.2) is 0 Å². The van der Waals surface area contributed by atoms with Crippen molar-refractivity contribution >= 4 is 12.4 Å². The molecule has 0 amide bonds. The molecule has 0 rings (SSSR count). The Morgan fingerprint density at radius 1 is 1.11 bits per heavy atom. The molecular weight excluding hydrogens is 140 g/mol. The zero-order valence-electron chi connectivity index (χ0n) is 5.89. The van der Waals surface area contributed by atoms with E-state index in [4.69, 9.17) is 5.11 Å². The number of hydrogen-bond donors (Lipinski definition) is 1. The van der Waals surface area contributed by atoms with Crippen LogP contribution in [-0.2, 0) is 0 Å². The van der Waals surface area contributed by atoms with Gasteiger partial charge in [-0.1, -0.05) is 26.2 Å². The Morgan fingerprint density at radius 3 is 2.00 bits per heavy atom. The molecule has 9 heavy (non-hydrogen) atoms. The van der Waals surface area contributed by atoms with Gasteiger partial charge in [0.15, 0.2) is 0 Å². The fourth-order valence-electron chi connectivity index (χ4n) is 0.539. The second-order valence-corrected chi connectivity index (χ2v) is 1.78. The molecule has 0 bridgehead atoms. The Labute approximate surface area is 63.0 Å². The van der Waals surface area contributed by atoms with Gasteiger partial charge in [-0.15, -0.1) is 12.4 Å². The standard InChI is InChI=1S/C6H14O.ClH.H2O/c1-2-3-4-5-6-7;;/h7H,2-6H2,1H3;1H;1H2. The molecule has 0 saturated carbocycles. The molecular formula is C6H17ClO2. The van der Waals surface area contributed by atoms with Gasteiger partial charge in [-0.3, -0.25) is 0 Å². The van der Waals surface area contributed by atoms with Crippen LogP contribution in [0.3, 0.4) is 0 Å². The van der Waals surface area contributed by atoms with Gasteiger partial charge < -0.3 is 10.6 Å². The SMILES string of the molecule is CCCCCCO.Cl.O. The van der Waals surface area contributed by atoms with Gasteiger partial charge in [-0.25, -0.2) is 0 Å². The second-order valence-electron chi connectivity index (χ2n) is 1.78. The summed E-state index contributed by atoms with van der Waals surface area (Å²) < 4.78 is 0. The fourth-order valence-corrected chi connectivity index (χ4v) is 0.539. The first kappa shape index (κ1) is 16.1. The quantitative estimate of drug-likeness (QED) is 0.611. The van der Waals surface area contributed by atoms with Gasteiger partial charge in [0.25, 0.3) is 0 Å². The molecule has 2 nitrogen and oxygen atoms in total. The van der Waals surface area contributed by atoms with Crippen LogP contribution < -0.4 is 0 Å². The highest BCUT2D eigenvalue weighted by Crippen LogP contribution is 1.95. The molecule has 0 heterocycles. The number of aliphatic hydroxyl groups is 1. The van der Waals surface area contributed by atoms with E-state index in [1.165, 1.54) is 19.3 Å². The highest BCUT2D eigenvalue weighted by atomic mass is 35.5. The number of unbranched alkanes of at least 4 members (excludes halogenated alkanes) is 3. The summed E-state index contributed by atoms with van der Waals surface area (Å²) in [6, 6.07) is 0. The maximum atomic E-state index is 8.29. The van der Waals surface area contributed by atoms with Crippen molar-refractivity contribution in [2.24, 2.45) is 0 Å². The maximum Gasteiger partial charge on any atom is 0.0431 e. The van der Waals surface area contributed by atoms with E-state index in [1.54, 1.807) is 0 Å². The lowest BCUT2D eigenvalue weighted by Crippen LogP contribution is -1.80. The first-order valence-electron chi connectivity index (χ1n) is 3.02. The minimum absolute atomic E-state index is 0. The molecule has 0 aromatic rings. The van der Waals surface area contributed by atoms with Gasteiger partial charge in [-0.2, -0.15) is 0 Å². The lowest BCUT2D eigenvalue weighted by Gasteiger charge is -1.90. The molecule has 0 radical (unpaired) electrons. The zero-order chi connectivity index (χ0) is 5.54. The molecule has 0 aliphatic heterocycles. The van der Waals surface area contributed by atoms with Crippen molar-refractivity contribution in [1.82, 2.24) is 0 Å². The van der Waals surface area contributed by atoms with E-state index in [-0.39, 0.29) is 17.9 Å². The molecule has 3 N–H and O–H groups in total. The summed E-state index contributed by atoms with van der Waals surface area (Å²) in [4.78, 5) is 0. The summed E-state index contributed by atoms with van der Waals surface area (Å²) in [5.41, 5.74) is 0. The van der Waals surface area contributed by atoms with Gasteiger partial charge in [0.2, 0.25) is 0 Å². The van der Waals surface area contributed by atoms with Crippen molar-refractivity contribution in [3.05, 3.63) is 0 Å². The molecule has 0 aliphatic carbocycles. The van der Waals surface area contributed by atoms with Gasteiger partial charge in [0.05, 0.1) is 0 Å². The molecule has 0 atom stereocenters. The maximum absolute atomic E-state index is 8.29. The minimum atomic E-state index is 0. The number of aliphatic hydroxyl groups excluding tert-OH is 1. The summed E-state index contributed by atoms with van der Waals surface area (Å²) in [6.45, 7) is 2.53. The van der Waals surface area contributed by atoms with E-state index < -0.39 is 0 Å². The van der Waals surface area contributed by atoms with Crippen molar-refractivity contribution in [3.8, 4) is 0 Å². The van der Waals surface area contributed by atoms with Crippen LogP contribution >= 0.6 is 12.4 Å². The Bertz CT molecular complexity index is 30.2. The molecule has 0 aliphatic rings. The topological polar surface area (TPSA) is 51.7 Å². The van der Waals surface area contributed by atoms with Crippen molar-refractivity contribution in [3.63, 3.8) is 0 Å². The van der Waals surface area contributed by atoms with E-state index in [2.05, 4.69) is 6.92 Å². The third-order valence-electron chi connectivity index (χ3n) is 1.01. The van der Waals surface area contributed by atoms with Crippen LogP contribution in [0.25, 0.3) is 0 Å². The van der Waals surface area contributed by atoms with E-state index in [0.29, 0.717) is 6.61 Å². The first-order valence-corrected chi connectivity index (χ1v) is 3.02. The van der Waals surface area contributed by atoms with Crippen LogP contribution in [0.4, 0.5) is 0 Å². The van der Waals surface area contributed by atoms with Gasteiger partial charge >= 0.3 is 0 Å². The molecule has 0 spiro atoms. The minimum Gasteiger partial charge on any atom is -0.412 e. The lowest BCUT2D eigenvalue weighted by molar-refractivity contribution is 0.283. The Balaban J connectivity index is -0.000000180. The van der Waals surface area contributed by atoms with Crippen LogP contribution in [0.2, 0.25) is 0 Å². The summed E-state index contributed by atoms with van der Waals surface area (Å²) in [5.74, 6) is 0. The predicted octanol–water partition coefficient (Wildman–Crippen LogP) is 1.16. The summed E-state index contributed by atoms with van der Waals surface area (Å²) in [7, 11) is 0. The zero-order valence-corrected chi connectivity index (χ0v) is 6.71. The Hall–Kier alpha value is 0.210. The van der Waals surface area contributed by atoms with E-state index in [0.717, 1.165) is 6.42 Å². The van der Waals surface area contributed by atoms with E-state index in [9.17, 15) is 0 Å². The molecule has 0 unspecified atom stereocenters. The van der Waals surface area contributed by atoms with E-state index >= 15 is 0 Å². The fraction of sp³-hybridized carbons (Fsp3) is 1.00. The molecule has 0 aromatic heterocycles. The predicted molar refractivity (Wildman–Crippen MR) is 42.1 cm³/mol. The van der Waals surface area contributed by atoms with E-state index in [1.807, 2.05) is 0 Å². The number of halogens is 1. The van der Waals surface area contributed by atoms with Crippen LogP contribution in [0.5, 0.6) is 0 Å². The largest absolute Gasteiger partial charge is 0.412 e. The molecule has 0 saturated heterocycles. The molecule has 60 valence electrons. The Kier molecular flexibility index (Phi) is 28.1.